The Balaban J connectivity index is 2.22. The monoisotopic (exact) mass is 342 g/mol. The highest BCUT2D eigenvalue weighted by Gasteiger charge is 2.63. The summed E-state index contributed by atoms with van der Waals surface area (Å²) in [6.07, 6.45) is -3.99. The first-order valence-corrected chi connectivity index (χ1v) is 5.82. The summed E-state index contributed by atoms with van der Waals surface area (Å²) in [5.74, 6) is 0. The fraction of sp³-hybridized carbons (Fsp3) is 0.400. The zero-order chi connectivity index (χ0) is 12.0. The van der Waals surface area contributed by atoms with Gasteiger partial charge in [0.15, 0.2) is 0 Å². The number of hydrogen-bond acceptors (Lipinski definition) is 2. The lowest BCUT2D eigenvalue weighted by Gasteiger charge is -2.22. The molecule has 1 saturated carbocycles. The van der Waals surface area contributed by atoms with Gasteiger partial charge in [0.05, 0.1) is 11.4 Å². The van der Waals surface area contributed by atoms with Gasteiger partial charge >= 0.3 is 6.18 Å². The number of halogens is 4. The van der Waals surface area contributed by atoms with Gasteiger partial charge in [-0.3, -0.25) is 0 Å². The zero-order valence-electron chi connectivity index (χ0n) is 8.24. The Kier molecular flexibility index (Phi) is 2.72. The summed E-state index contributed by atoms with van der Waals surface area (Å²) in [6, 6.07) is 4.96. The third-order valence-corrected chi connectivity index (χ3v) is 3.35. The highest BCUT2D eigenvalue weighted by molar-refractivity contribution is 14.1. The van der Waals surface area contributed by atoms with E-state index in [2.05, 4.69) is 27.9 Å². The van der Waals surface area contributed by atoms with Gasteiger partial charge in [0.2, 0.25) is 0 Å². The van der Waals surface area contributed by atoms with Crippen molar-refractivity contribution in [3.05, 3.63) is 21.8 Å². The minimum absolute atomic E-state index is 0.113. The number of rotatable bonds is 2. The average Bonchev–Trinajstić information content (AvgIpc) is 2.90. The van der Waals surface area contributed by atoms with Gasteiger partial charge in [-0.25, -0.2) is 0 Å². The molecule has 1 aromatic carbocycles. The van der Waals surface area contributed by atoms with Crippen LogP contribution >= 0.6 is 22.6 Å². The maximum Gasteiger partial charge on any atom is 0.411 e. The van der Waals surface area contributed by atoms with Gasteiger partial charge in [-0.15, -0.1) is 0 Å². The predicted octanol–water partition coefficient (Wildman–Crippen LogP) is 3.38. The van der Waals surface area contributed by atoms with Crippen LogP contribution in [0.25, 0.3) is 0 Å². The molecule has 0 aliphatic heterocycles. The number of hydrogen-bond donors (Lipinski definition) is 2. The fourth-order valence-electron chi connectivity index (χ4n) is 1.51. The van der Waals surface area contributed by atoms with Crippen molar-refractivity contribution in [1.29, 1.82) is 0 Å². The number of nitrogens with two attached hydrogens (primary N) is 1. The summed E-state index contributed by atoms with van der Waals surface area (Å²) in [7, 11) is 0. The van der Waals surface area contributed by atoms with E-state index < -0.39 is 11.7 Å². The molecule has 2 nitrogen and oxygen atoms in total. The Morgan fingerprint density at radius 2 is 1.94 bits per heavy atom. The highest BCUT2D eigenvalue weighted by Crippen LogP contribution is 2.51. The van der Waals surface area contributed by atoms with Crippen LogP contribution in [-0.4, -0.2) is 11.7 Å². The lowest BCUT2D eigenvalue weighted by Crippen LogP contribution is -2.38. The average molecular weight is 342 g/mol. The minimum atomic E-state index is -4.22. The van der Waals surface area contributed by atoms with E-state index in [0.29, 0.717) is 11.4 Å². The Bertz CT molecular complexity index is 413. The van der Waals surface area contributed by atoms with Crippen molar-refractivity contribution in [3.8, 4) is 0 Å². The zero-order valence-corrected chi connectivity index (χ0v) is 10.4. The van der Waals surface area contributed by atoms with Crippen LogP contribution < -0.4 is 11.1 Å². The van der Waals surface area contributed by atoms with E-state index in [4.69, 9.17) is 5.73 Å². The van der Waals surface area contributed by atoms with Crippen LogP contribution in [0.4, 0.5) is 24.5 Å². The molecule has 0 aromatic heterocycles. The maximum atomic E-state index is 12.7. The van der Waals surface area contributed by atoms with Crippen LogP contribution in [0, 0.1) is 3.57 Å². The van der Waals surface area contributed by atoms with Crippen molar-refractivity contribution in [2.75, 3.05) is 11.1 Å². The van der Waals surface area contributed by atoms with Gasteiger partial charge in [-0.05, 0) is 53.6 Å². The fourth-order valence-corrected chi connectivity index (χ4v) is 2.02. The van der Waals surface area contributed by atoms with E-state index in [1.54, 1.807) is 18.2 Å². The number of nitrogen functional groups attached to an aromatic ring is 1. The summed E-state index contributed by atoms with van der Waals surface area (Å²) < 4.78 is 39.0. The first kappa shape index (κ1) is 11.8. The molecule has 0 atom stereocenters. The summed E-state index contributed by atoms with van der Waals surface area (Å²) in [5, 5.41) is 2.51. The summed E-state index contributed by atoms with van der Waals surface area (Å²) in [6.45, 7) is 0. The van der Waals surface area contributed by atoms with Gasteiger partial charge in [-0.1, -0.05) is 0 Å². The minimum Gasteiger partial charge on any atom is -0.397 e. The van der Waals surface area contributed by atoms with E-state index in [-0.39, 0.29) is 12.8 Å². The van der Waals surface area contributed by atoms with Gasteiger partial charge in [0, 0.05) is 3.57 Å². The van der Waals surface area contributed by atoms with Crippen molar-refractivity contribution in [2.24, 2.45) is 0 Å². The number of benzene rings is 1. The van der Waals surface area contributed by atoms with Gasteiger partial charge in [0.25, 0.3) is 0 Å². The molecule has 6 heteroatoms. The molecule has 1 aliphatic rings. The molecule has 0 bridgehead atoms. The van der Waals surface area contributed by atoms with Crippen molar-refractivity contribution in [3.63, 3.8) is 0 Å². The molecule has 88 valence electrons. The number of alkyl halides is 3. The van der Waals surface area contributed by atoms with E-state index in [0.717, 1.165) is 3.57 Å². The van der Waals surface area contributed by atoms with Crippen molar-refractivity contribution < 1.29 is 13.2 Å². The smallest absolute Gasteiger partial charge is 0.397 e. The first-order valence-electron chi connectivity index (χ1n) is 4.74. The predicted molar refractivity (Wildman–Crippen MR) is 65.2 cm³/mol. The first-order chi connectivity index (χ1) is 7.34. The van der Waals surface area contributed by atoms with Gasteiger partial charge < -0.3 is 11.1 Å². The third-order valence-electron chi connectivity index (χ3n) is 2.68. The summed E-state index contributed by atoms with van der Waals surface area (Å²) >= 11 is 2.06. The second-order valence-electron chi connectivity index (χ2n) is 3.94. The van der Waals surface area contributed by atoms with Crippen molar-refractivity contribution in [2.45, 2.75) is 24.6 Å². The molecule has 0 radical (unpaired) electrons. The van der Waals surface area contributed by atoms with E-state index in [1.165, 1.54) is 0 Å². The molecule has 0 unspecified atom stereocenters. The largest absolute Gasteiger partial charge is 0.411 e. The Morgan fingerprint density at radius 1 is 1.31 bits per heavy atom. The highest BCUT2D eigenvalue weighted by atomic mass is 127. The Labute approximate surface area is 105 Å². The second kappa shape index (κ2) is 3.68. The van der Waals surface area contributed by atoms with Crippen LogP contribution in [-0.2, 0) is 0 Å². The lowest BCUT2D eigenvalue weighted by atomic mass is 10.2. The molecule has 3 N–H and O–H groups in total. The van der Waals surface area contributed by atoms with Crippen LogP contribution in [0.1, 0.15) is 12.8 Å². The van der Waals surface area contributed by atoms with E-state index >= 15 is 0 Å². The molecule has 1 fully saturated rings. The van der Waals surface area contributed by atoms with E-state index in [9.17, 15) is 13.2 Å². The van der Waals surface area contributed by atoms with Crippen molar-refractivity contribution in [1.82, 2.24) is 0 Å². The van der Waals surface area contributed by atoms with Gasteiger partial charge in [0.1, 0.15) is 5.54 Å². The lowest BCUT2D eigenvalue weighted by molar-refractivity contribution is -0.151. The molecule has 0 amide bonds. The second-order valence-corrected chi connectivity index (χ2v) is 5.18. The van der Waals surface area contributed by atoms with Crippen LogP contribution in [0.3, 0.4) is 0 Å². The molecule has 16 heavy (non-hydrogen) atoms. The van der Waals surface area contributed by atoms with Crippen LogP contribution in [0.15, 0.2) is 18.2 Å². The Morgan fingerprint density at radius 3 is 2.38 bits per heavy atom. The standard InChI is InChI=1S/C10H10F3IN2/c11-10(12,13)9(3-4-9)16-8-2-1-6(14)5-7(8)15/h1-2,5,16H,3-4,15H2. The molecule has 2 rings (SSSR count). The molecular formula is C10H10F3IN2. The number of anilines is 2. The SMILES string of the molecule is Nc1cc(I)ccc1NC1(C(F)(F)F)CC1. The van der Waals surface area contributed by atoms with Crippen LogP contribution in [0.5, 0.6) is 0 Å². The molecule has 1 aliphatic carbocycles. The van der Waals surface area contributed by atoms with Crippen molar-refractivity contribution >= 4 is 34.0 Å². The van der Waals surface area contributed by atoms with E-state index in [1.807, 2.05) is 0 Å². The number of nitrogens with one attached hydrogen (secondary N) is 1. The Hall–Kier alpha value is -0.660. The summed E-state index contributed by atoms with van der Waals surface area (Å²) in [5.41, 5.74) is 4.62. The normalized spacial score (nSPS) is 18.2. The molecule has 0 saturated heterocycles. The summed E-state index contributed by atoms with van der Waals surface area (Å²) in [4.78, 5) is 0. The van der Waals surface area contributed by atoms with Gasteiger partial charge in [-0.2, -0.15) is 13.2 Å². The van der Waals surface area contributed by atoms with Crippen LogP contribution in [0.2, 0.25) is 0 Å². The third kappa shape index (κ3) is 2.07. The maximum absolute atomic E-state index is 12.7. The molecular weight excluding hydrogens is 332 g/mol. The quantitative estimate of drug-likeness (QED) is 0.639. The molecule has 0 spiro atoms. The topological polar surface area (TPSA) is 38.0 Å². The molecule has 0 heterocycles. The molecule has 1 aromatic rings.